The summed E-state index contributed by atoms with van der Waals surface area (Å²) in [6.45, 7) is 4.65. The number of fused-ring (bicyclic) bond motifs is 1. The second kappa shape index (κ2) is 15.3. The number of aromatic nitrogens is 1. The highest BCUT2D eigenvalue weighted by Crippen LogP contribution is 2.33. The number of carboxylic acid groups (broad SMARTS) is 2. The molecule has 0 spiro atoms. The molecule has 1 aromatic heterocycles. The van der Waals surface area contributed by atoms with Crippen LogP contribution in [0.2, 0.25) is 0 Å². The number of nitrogens with zero attached hydrogens (tertiary/aromatic N) is 1. The number of ether oxygens (including phenoxy) is 1. The Morgan fingerprint density at radius 3 is 2.27 bits per heavy atom. The van der Waals surface area contributed by atoms with Crippen molar-refractivity contribution in [1.82, 2.24) is 4.57 Å². The number of halogens is 2. The number of hydrogen-bond donors (Lipinski definition) is 2. The van der Waals surface area contributed by atoms with Crippen molar-refractivity contribution in [2.45, 2.75) is 71.8 Å². The van der Waals surface area contributed by atoms with E-state index in [4.69, 9.17) is 14.9 Å². The van der Waals surface area contributed by atoms with Crippen LogP contribution in [-0.2, 0) is 29.0 Å². The monoisotopic (exact) mass is 603 g/mol. The molecule has 2 N–H and O–H groups in total. The van der Waals surface area contributed by atoms with Gasteiger partial charge in [0.05, 0.1) is 12.1 Å². The minimum Gasteiger partial charge on any atom is -0.494 e. The molecule has 0 saturated carbocycles. The fourth-order valence-corrected chi connectivity index (χ4v) is 5.59. The highest BCUT2D eigenvalue weighted by molar-refractivity contribution is 5.94. The van der Waals surface area contributed by atoms with Crippen LogP contribution in [0.1, 0.15) is 72.0 Å². The lowest BCUT2D eigenvalue weighted by atomic mass is 10.0. The van der Waals surface area contributed by atoms with E-state index in [2.05, 4.69) is 0 Å². The number of carboxylic acids is 2. The third-order valence-electron chi connectivity index (χ3n) is 7.99. The molecule has 0 aliphatic rings. The fraction of sp³-hybridized carbons (Fsp3) is 0.333. The van der Waals surface area contributed by atoms with E-state index >= 15 is 4.39 Å². The predicted molar refractivity (Wildman–Crippen MR) is 169 cm³/mol. The summed E-state index contributed by atoms with van der Waals surface area (Å²) in [6, 6.07) is 16.0. The second-order valence-electron chi connectivity index (χ2n) is 11.1. The van der Waals surface area contributed by atoms with E-state index in [1.54, 1.807) is 19.1 Å². The van der Waals surface area contributed by atoms with Crippen LogP contribution in [0.15, 0.2) is 54.6 Å². The molecule has 0 atom stereocenters. The zero-order chi connectivity index (χ0) is 31.6. The highest BCUT2D eigenvalue weighted by Gasteiger charge is 2.20. The van der Waals surface area contributed by atoms with E-state index in [9.17, 15) is 14.0 Å². The van der Waals surface area contributed by atoms with E-state index in [-0.39, 0.29) is 24.5 Å². The minimum absolute atomic E-state index is 0.00491. The Morgan fingerprint density at radius 2 is 1.55 bits per heavy atom. The molecule has 8 heteroatoms. The average Bonchev–Trinajstić information content (AvgIpc) is 3.27. The maximum absolute atomic E-state index is 15.3. The number of aryl methyl sites for hydroxylation is 3. The molecule has 6 nitrogen and oxygen atoms in total. The predicted octanol–water partition coefficient (Wildman–Crippen LogP) is 8.38. The molecule has 232 valence electrons. The van der Waals surface area contributed by atoms with Crippen LogP contribution in [0.4, 0.5) is 8.78 Å². The van der Waals surface area contributed by atoms with Crippen molar-refractivity contribution in [1.29, 1.82) is 0 Å². The summed E-state index contributed by atoms with van der Waals surface area (Å²) >= 11 is 0. The van der Waals surface area contributed by atoms with Crippen molar-refractivity contribution >= 4 is 35.0 Å². The second-order valence-corrected chi connectivity index (χ2v) is 11.1. The maximum atomic E-state index is 15.3. The van der Waals surface area contributed by atoms with Crippen LogP contribution in [-0.4, -0.2) is 33.3 Å². The Labute approximate surface area is 256 Å². The molecule has 4 aromatic rings. The molecule has 0 aliphatic carbocycles. The van der Waals surface area contributed by atoms with Gasteiger partial charge in [0.2, 0.25) is 0 Å². The van der Waals surface area contributed by atoms with E-state index in [0.29, 0.717) is 48.9 Å². The quantitative estimate of drug-likeness (QED) is 0.0992. The number of hydrogen-bond acceptors (Lipinski definition) is 3. The van der Waals surface area contributed by atoms with Crippen molar-refractivity contribution < 1.29 is 33.3 Å². The van der Waals surface area contributed by atoms with Gasteiger partial charge in [-0.25, -0.2) is 8.78 Å². The van der Waals surface area contributed by atoms with Gasteiger partial charge in [0, 0.05) is 30.5 Å². The Morgan fingerprint density at radius 1 is 0.818 bits per heavy atom. The molecule has 4 rings (SSSR count). The van der Waals surface area contributed by atoms with Crippen LogP contribution in [0.5, 0.6) is 5.75 Å². The smallest absolute Gasteiger partial charge is 0.303 e. The van der Waals surface area contributed by atoms with Gasteiger partial charge in [-0.3, -0.25) is 9.59 Å². The zero-order valence-corrected chi connectivity index (χ0v) is 25.2. The number of benzene rings is 3. The normalized spacial score (nSPS) is 11.5. The van der Waals surface area contributed by atoms with Crippen molar-refractivity contribution in [3.63, 3.8) is 0 Å². The van der Waals surface area contributed by atoms with Crippen LogP contribution in [0, 0.1) is 25.5 Å². The largest absolute Gasteiger partial charge is 0.494 e. The number of unbranched alkanes of at least 4 members (excludes halogenated alkanes) is 1. The van der Waals surface area contributed by atoms with Gasteiger partial charge < -0.3 is 19.5 Å². The lowest BCUT2D eigenvalue weighted by Crippen LogP contribution is -2.05. The SMILES string of the molecule is Cc1c(F)cccc1CCCCOc1ccc(C=Cc2ccc(F)c3c(CCCC(=O)O)c(C)n(CCCC(=O)O)c23)cc1. The van der Waals surface area contributed by atoms with Crippen molar-refractivity contribution in [2.24, 2.45) is 0 Å². The Balaban J connectivity index is 1.46. The van der Waals surface area contributed by atoms with Crippen LogP contribution >= 0.6 is 0 Å². The summed E-state index contributed by atoms with van der Waals surface area (Å²) in [6.07, 6.45) is 7.57. The first kappa shape index (κ1) is 32.5. The van der Waals surface area contributed by atoms with Gasteiger partial charge in [-0.2, -0.15) is 0 Å². The van der Waals surface area contributed by atoms with E-state index in [0.717, 1.165) is 53.0 Å². The molecule has 0 radical (unpaired) electrons. The van der Waals surface area contributed by atoms with Gasteiger partial charge in [-0.1, -0.05) is 36.4 Å². The van der Waals surface area contributed by atoms with E-state index in [1.807, 2.05) is 54.0 Å². The van der Waals surface area contributed by atoms with Gasteiger partial charge >= 0.3 is 11.9 Å². The average molecular weight is 604 g/mol. The number of aliphatic carboxylic acids is 2. The molecule has 0 bridgehead atoms. The molecule has 3 aromatic carbocycles. The Hall–Kier alpha value is -4.46. The Bertz CT molecular complexity index is 1640. The molecule has 0 fully saturated rings. The third kappa shape index (κ3) is 8.34. The summed E-state index contributed by atoms with van der Waals surface area (Å²) in [5.74, 6) is -1.59. The van der Waals surface area contributed by atoms with Crippen molar-refractivity contribution in [2.75, 3.05) is 6.61 Å². The zero-order valence-electron chi connectivity index (χ0n) is 25.2. The van der Waals surface area contributed by atoms with Gasteiger partial charge in [0.1, 0.15) is 17.4 Å². The molecule has 44 heavy (non-hydrogen) atoms. The number of carbonyl (C=O) groups is 2. The van der Waals surface area contributed by atoms with Crippen LogP contribution in [0.25, 0.3) is 23.1 Å². The summed E-state index contributed by atoms with van der Waals surface area (Å²) < 4.78 is 36.8. The van der Waals surface area contributed by atoms with E-state index < -0.39 is 11.9 Å². The summed E-state index contributed by atoms with van der Waals surface area (Å²) in [5.41, 5.74) is 5.72. The first-order chi connectivity index (χ1) is 21.2. The van der Waals surface area contributed by atoms with Crippen molar-refractivity contribution in [3.05, 3.63) is 99.7 Å². The first-order valence-corrected chi connectivity index (χ1v) is 15.0. The van der Waals surface area contributed by atoms with Gasteiger partial charge in [-0.05, 0) is 111 Å². The van der Waals surface area contributed by atoms with Gasteiger partial charge in [-0.15, -0.1) is 0 Å². The third-order valence-corrected chi connectivity index (χ3v) is 7.99. The van der Waals surface area contributed by atoms with Gasteiger partial charge in [0.15, 0.2) is 0 Å². The molecule has 0 saturated heterocycles. The molecular weight excluding hydrogens is 564 g/mol. The van der Waals surface area contributed by atoms with Crippen molar-refractivity contribution in [3.8, 4) is 5.75 Å². The maximum Gasteiger partial charge on any atom is 0.303 e. The molecule has 0 aliphatic heterocycles. The highest BCUT2D eigenvalue weighted by atomic mass is 19.1. The molecule has 0 amide bonds. The number of rotatable bonds is 16. The molecular formula is C36H39F2NO5. The fourth-order valence-electron chi connectivity index (χ4n) is 5.59. The van der Waals surface area contributed by atoms with Gasteiger partial charge in [0.25, 0.3) is 0 Å². The lowest BCUT2D eigenvalue weighted by molar-refractivity contribution is -0.138. The van der Waals surface area contributed by atoms with E-state index in [1.165, 1.54) is 12.1 Å². The summed E-state index contributed by atoms with van der Waals surface area (Å²) in [7, 11) is 0. The van der Waals surface area contributed by atoms with Crippen LogP contribution < -0.4 is 4.74 Å². The van der Waals surface area contributed by atoms with Crippen LogP contribution in [0.3, 0.4) is 0 Å². The first-order valence-electron chi connectivity index (χ1n) is 15.0. The lowest BCUT2D eigenvalue weighted by Gasteiger charge is -2.10. The minimum atomic E-state index is -0.899. The molecule has 0 unspecified atom stereocenters. The Kier molecular flexibility index (Phi) is 11.3. The summed E-state index contributed by atoms with van der Waals surface area (Å²) in [4.78, 5) is 22.3. The standard InChI is InChI=1S/C36H39F2NO5/c1-24-27(9-5-11-31(24)37)8-3-4-23-44-29-19-15-26(16-20-29)14-17-28-18-21-32(38)35-30(10-6-12-33(40)41)25(2)39(36(28)35)22-7-13-34(42)43/h5,9,11,14-21H,3-4,6-8,10,12-13,22-23H2,1-2H3,(H,40,41)(H,42,43). The topological polar surface area (TPSA) is 88.8 Å². The summed E-state index contributed by atoms with van der Waals surface area (Å²) in [5, 5.41) is 18.7. The molecule has 1 heterocycles.